The first kappa shape index (κ1) is 21.9. The molecule has 0 aromatic heterocycles. The fraction of sp³-hybridized carbons (Fsp3) is 0.300. The van der Waals surface area contributed by atoms with Gasteiger partial charge in [0.15, 0.2) is 0 Å². The summed E-state index contributed by atoms with van der Waals surface area (Å²) in [6, 6.07) is 8.72. The quantitative estimate of drug-likeness (QED) is 0.572. The van der Waals surface area contributed by atoms with Crippen molar-refractivity contribution in [1.29, 1.82) is 0 Å². The molecule has 0 bridgehead atoms. The van der Waals surface area contributed by atoms with Gasteiger partial charge in [-0.3, -0.25) is 9.10 Å². The molecule has 2 rings (SSSR count). The van der Waals surface area contributed by atoms with Gasteiger partial charge in [-0.25, -0.2) is 13.8 Å². The Morgan fingerprint density at radius 3 is 2.39 bits per heavy atom. The number of amides is 1. The third-order valence-electron chi connectivity index (χ3n) is 4.61. The summed E-state index contributed by atoms with van der Waals surface area (Å²) in [6.07, 6.45) is 2.61. The molecule has 0 aliphatic carbocycles. The molecule has 28 heavy (non-hydrogen) atoms. The minimum absolute atomic E-state index is 0.384. The molecule has 0 aliphatic heterocycles. The summed E-state index contributed by atoms with van der Waals surface area (Å²) in [7, 11) is -3.67. The molecule has 0 aliphatic rings. The minimum Gasteiger partial charge on any atom is -0.271 e. The van der Waals surface area contributed by atoms with Gasteiger partial charge in [-0.05, 0) is 73.7 Å². The molecule has 0 unspecified atom stereocenters. The largest absolute Gasteiger partial charge is 0.271 e. The van der Waals surface area contributed by atoms with E-state index in [2.05, 4.69) is 10.5 Å². The van der Waals surface area contributed by atoms with Crippen molar-refractivity contribution in [3.63, 3.8) is 0 Å². The van der Waals surface area contributed by atoms with Gasteiger partial charge in [-0.15, -0.1) is 0 Å². The van der Waals surface area contributed by atoms with Crippen LogP contribution in [-0.2, 0) is 14.8 Å². The standard InChI is InChI=1S/C20H24ClN3O3S/c1-13-6-7-17(16(4)15(13)3)11-22-23-20(25)12-24(28(5,26)27)19-9-8-18(21)10-14(19)2/h6-11H,12H2,1-5H3,(H,23,25)/b22-11-. The van der Waals surface area contributed by atoms with Crippen molar-refractivity contribution >= 4 is 39.4 Å². The molecule has 0 radical (unpaired) electrons. The summed E-state index contributed by atoms with van der Waals surface area (Å²) in [5, 5.41) is 4.46. The number of carbonyl (C=O) groups excluding carboxylic acids is 1. The molecule has 0 saturated carbocycles. The Kier molecular flexibility index (Phi) is 6.85. The summed E-state index contributed by atoms with van der Waals surface area (Å²) < 4.78 is 25.4. The predicted octanol–water partition coefficient (Wildman–Crippen LogP) is 3.49. The molecule has 0 spiro atoms. The van der Waals surface area contributed by atoms with Gasteiger partial charge in [0, 0.05) is 5.02 Å². The van der Waals surface area contributed by atoms with Gasteiger partial charge in [0.05, 0.1) is 18.2 Å². The topological polar surface area (TPSA) is 78.8 Å². The van der Waals surface area contributed by atoms with Gasteiger partial charge in [0.1, 0.15) is 6.54 Å². The number of halogens is 1. The van der Waals surface area contributed by atoms with Gasteiger partial charge in [0.25, 0.3) is 5.91 Å². The number of anilines is 1. The average Bonchev–Trinajstić information content (AvgIpc) is 2.59. The Bertz CT molecular complexity index is 1030. The molecule has 0 atom stereocenters. The molecule has 0 saturated heterocycles. The van der Waals surface area contributed by atoms with Crippen LogP contribution in [0.5, 0.6) is 0 Å². The maximum atomic E-state index is 12.3. The second kappa shape index (κ2) is 8.75. The Morgan fingerprint density at radius 2 is 1.79 bits per heavy atom. The SMILES string of the molecule is Cc1cc(Cl)ccc1N(CC(=O)N/N=C\c1ccc(C)c(C)c1C)S(C)(=O)=O. The maximum Gasteiger partial charge on any atom is 0.260 e. The number of sulfonamides is 1. The minimum atomic E-state index is -3.67. The van der Waals surface area contributed by atoms with E-state index in [9.17, 15) is 13.2 Å². The van der Waals surface area contributed by atoms with Crippen LogP contribution in [0.4, 0.5) is 5.69 Å². The second-order valence-electron chi connectivity index (χ2n) is 6.72. The van der Waals surface area contributed by atoms with E-state index in [1.54, 1.807) is 31.3 Å². The average molecular weight is 422 g/mol. The van der Waals surface area contributed by atoms with Gasteiger partial charge in [-0.1, -0.05) is 23.7 Å². The number of nitrogens with zero attached hydrogens (tertiary/aromatic N) is 2. The van der Waals surface area contributed by atoms with Gasteiger partial charge < -0.3 is 0 Å². The number of aryl methyl sites for hydroxylation is 2. The number of benzene rings is 2. The molecule has 0 heterocycles. The van der Waals surface area contributed by atoms with Crippen molar-refractivity contribution in [3.05, 3.63) is 63.2 Å². The first-order chi connectivity index (χ1) is 13.0. The van der Waals surface area contributed by atoms with Crippen LogP contribution in [0.3, 0.4) is 0 Å². The van der Waals surface area contributed by atoms with Crippen molar-refractivity contribution < 1.29 is 13.2 Å². The Morgan fingerprint density at radius 1 is 1.11 bits per heavy atom. The van der Waals surface area contributed by atoms with Crippen LogP contribution in [0.15, 0.2) is 35.4 Å². The number of carbonyl (C=O) groups is 1. The number of hydrazone groups is 1. The predicted molar refractivity (Wildman–Crippen MR) is 115 cm³/mol. The number of rotatable bonds is 6. The van der Waals surface area contributed by atoms with Crippen LogP contribution in [0, 0.1) is 27.7 Å². The molecule has 2 aromatic carbocycles. The van der Waals surface area contributed by atoms with E-state index >= 15 is 0 Å². The van der Waals surface area contributed by atoms with Crippen LogP contribution in [0.2, 0.25) is 5.02 Å². The Hall–Kier alpha value is -2.38. The van der Waals surface area contributed by atoms with E-state index in [0.717, 1.165) is 27.3 Å². The van der Waals surface area contributed by atoms with Gasteiger partial charge in [-0.2, -0.15) is 5.10 Å². The van der Waals surface area contributed by atoms with E-state index in [4.69, 9.17) is 11.6 Å². The zero-order valence-electron chi connectivity index (χ0n) is 16.6. The second-order valence-corrected chi connectivity index (χ2v) is 9.06. The monoisotopic (exact) mass is 421 g/mol. The van der Waals surface area contributed by atoms with Crippen molar-refractivity contribution in [2.24, 2.45) is 5.10 Å². The van der Waals surface area contributed by atoms with Crippen LogP contribution in [-0.4, -0.2) is 33.3 Å². The van der Waals surface area contributed by atoms with Crippen molar-refractivity contribution in [3.8, 4) is 0 Å². The molecule has 1 amide bonds. The third-order valence-corrected chi connectivity index (χ3v) is 5.97. The van der Waals surface area contributed by atoms with Crippen LogP contribution < -0.4 is 9.73 Å². The summed E-state index contributed by atoms with van der Waals surface area (Å²) >= 11 is 5.94. The Balaban J connectivity index is 2.16. The lowest BCUT2D eigenvalue weighted by Gasteiger charge is -2.23. The van der Waals surface area contributed by atoms with Crippen molar-refractivity contribution in [2.75, 3.05) is 17.1 Å². The maximum absolute atomic E-state index is 12.3. The van der Waals surface area contributed by atoms with Crippen LogP contribution in [0.25, 0.3) is 0 Å². The lowest BCUT2D eigenvalue weighted by Crippen LogP contribution is -2.39. The summed E-state index contributed by atoms with van der Waals surface area (Å²) in [5.74, 6) is -0.544. The van der Waals surface area contributed by atoms with E-state index in [1.807, 2.05) is 32.9 Å². The lowest BCUT2D eigenvalue weighted by atomic mass is 10.00. The lowest BCUT2D eigenvalue weighted by molar-refractivity contribution is -0.119. The van der Waals surface area contributed by atoms with Crippen molar-refractivity contribution in [2.45, 2.75) is 27.7 Å². The summed E-state index contributed by atoms with van der Waals surface area (Å²) in [4.78, 5) is 12.3. The third kappa shape index (κ3) is 5.33. The van der Waals surface area contributed by atoms with Crippen LogP contribution in [0.1, 0.15) is 27.8 Å². The highest BCUT2D eigenvalue weighted by Gasteiger charge is 2.22. The first-order valence-corrected chi connectivity index (χ1v) is 10.9. The number of hydrogen-bond acceptors (Lipinski definition) is 4. The fourth-order valence-corrected chi connectivity index (χ4v) is 3.88. The highest BCUT2D eigenvalue weighted by atomic mass is 35.5. The van der Waals surface area contributed by atoms with Crippen molar-refractivity contribution in [1.82, 2.24) is 5.43 Å². The summed E-state index contributed by atoms with van der Waals surface area (Å²) in [6.45, 7) is 7.39. The zero-order valence-corrected chi connectivity index (χ0v) is 18.1. The highest BCUT2D eigenvalue weighted by Crippen LogP contribution is 2.25. The molecule has 0 fully saturated rings. The first-order valence-electron chi connectivity index (χ1n) is 8.63. The van der Waals surface area contributed by atoms with Gasteiger partial charge >= 0.3 is 0 Å². The van der Waals surface area contributed by atoms with E-state index in [0.29, 0.717) is 16.3 Å². The molecular formula is C20H24ClN3O3S. The molecule has 2 aromatic rings. The molecule has 150 valence electrons. The zero-order chi connectivity index (χ0) is 21.1. The van der Waals surface area contributed by atoms with E-state index < -0.39 is 15.9 Å². The number of hydrogen-bond donors (Lipinski definition) is 1. The summed E-state index contributed by atoms with van der Waals surface area (Å²) in [5.41, 5.74) is 7.75. The molecule has 8 heteroatoms. The fourth-order valence-electron chi connectivity index (χ4n) is 2.74. The molecular weight excluding hydrogens is 398 g/mol. The molecule has 6 nitrogen and oxygen atoms in total. The van der Waals surface area contributed by atoms with E-state index in [1.165, 1.54) is 5.56 Å². The smallest absolute Gasteiger partial charge is 0.260 e. The van der Waals surface area contributed by atoms with E-state index in [-0.39, 0.29) is 6.54 Å². The number of nitrogens with one attached hydrogen (secondary N) is 1. The van der Waals surface area contributed by atoms with Gasteiger partial charge in [0.2, 0.25) is 10.0 Å². The van der Waals surface area contributed by atoms with Crippen LogP contribution >= 0.6 is 11.6 Å². The normalized spacial score (nSPS) is 11.6. The highest BCUT2D eigenvalue weighted by molar-refractivity contribution is 7.92. The Labute approximate surface area is 171 Å². The molecule has 1 N–H and O–H groups in total.